The van der Waals surface area contributed by atoms with Crippen LogP contribution in [0.15, 0.2) is 53.0 Å². The lowest BCUT2D eigenvalue weighted by Crippen LogP contribution is -2.24. The molecule has 1 unspecified atom stereocenters. The van der Waals surface area contributed by atoms with Gasteiger partial charge in [-0.25, -0.2) is 0 Å². The Kier molecular flexibility index (Phi) is 4.43. The first-order valence-corrected chi connectivity index (χ1v) is 7.37. The monoisotopic (exact) mass is 318 g/mol. The van der Waals surface area contributed by atoms with Crippen LogP contribution in [0.5, 0.6) is 0 Å². The number of rotatable bonds is 4. The third-order valence-corrected chi connectivity index (χ3v) is 3.97. The third kappa shape index (κ3) is 3.68. The van der Waals surface area contributed by atoms with E-state index in [-0.39, 0.29) is 0 Å². The number of benzene rings is 2. The second-order valence-electron chi connectivity index (χ2n) is 5.13. The van der Waals surface area contributed by atoms with Crippen LogP contribution >= 0.6 is 15.9 Å². The maximum Gasteiger partial charge on any atom is 0.0908 e. The molecule has 0 bridgehead atoms. The first-order chi connectivity index (χ1) is 9.01. The SMILES string of the molecule is CCc1ccc(C(C)(O)Cc2ccc(Br)cc2)cc1. The van der Waals surface area contributed by atoms with E-state index in [0.29, 0.717) is 6.42 Å². The van der Waals surface area contributed by atoms with Gasteiger partial charge in [0.2, 0.25) is 0 Å². The Balaban J connectivity index is 2.18. The molecule has 0 spiro atoms. The van der Waals surface area contributed by atoms with E-state index in [0.717, 1.165) is 22.0 Å². The van der Waals surface area contributed by atoms with Gasteiger partial charge in [0, 0.05) is 10.9 Å². The molecule has 19 heavy (non-hydrogen) atoms. The fourth-order valence-electron chi connectivity index (χ4n) is 2.20. The maximum atomic E-state index is 10.7. The maximum absolute atomic E-state index is 10.7. The first kappa shape index (κ1) is 14.3. The summed E-state index contributed by atoms with van der Waals surface area (Å²) in [6.07, 6.45) is 1.64. The summed E-state index contributed by atoms with van der Waals surface area (Å²) in [7, 11) is 0. The summed E-state index contributed by atoms with van der Waals surface area (Å²) in [6, 6.07) is 16.3. The summed E-state index contributed by atoms with van der Waals surface area (Å²) in [4.78, 5) is 0. The second-order valence-corrected chi connectivity index (χ2v) is 6.04. The average molecular weight is 319 g/mol. The lowest BCUT2D eigenvalue weighted by Gasteiger charge is -2.24. The molecule has 1 N–H and O–H groups in total. The van der Waals surface area contributed by atoms with E-state index < -0.39 is 5.60 Å². The van der Waals surface area contributed by atoms with Crippen LogP contribution in [0.25, 0.3) is 0 Å². The van der Waals surface area contributed by atoms with E-state index in [1.54, 1.807) is 0 Å². The lowest BCUT2D eigenvalue weighted by atomic mass is 9.88. The van der Waals surface area contributed by atoms with Gasteiger partial charge in [-0.1, -0.05) is 59.3 Å². The Morgan fingerprint density at radius 3 is 2.00 bits per heavy atom. The Bertz CT molecular complexity index is 526. The van der Waals surface area contributed by atoms with Crippen molar-refractivity contribution >= 4 is 15.9 Å². The summed E-state index contributed by atoms with van der Waals surface area (Å²) in [5.74, 6) is 0. The first-order valence-electron chi connectivity index (χ1n) is 6.57. The molecule has 0 aromatic heterocycles. The van der Waals surface area contributed by atoms with Gasteiger partial charge in [0.05, 0.1) is 5.60 Å². The second kappa shape index (κ2) is 5.89. The van der Waals surface area contributed by atoms with Crippen LogP contribution in [0.1, 0.15) is 30.5 Å². The Labute approximate surface area is 123 Å². The van der Waals surface area contributed by atoms with Crippen molar-refractivity contribution in [1.29, 1.82) is 0 Å². The summed E-state index contributed by atoms with van der Waals surface area (Å²) >= 11 is 3.42. The van der Waals surface area contributed by atoms with Crippen LogP contribution in [0, 0.1) is 0 Å². The van der Waals surface area contributed by atoms with Gasteiger partial charge in [-0.15, -0.1) is 0 Å². The van der Waals surface area contributed by atoms with Crippen molar-refractivity contribution in [3.63, 3.8) is 0 Å². The van der Waals surface area contributed by atoms with E-state index in [2.05, 4.69) is 35.0 Å². The molecule has 2 aromatic rings. The molecule has 1 nitrogen and oxygen atoms in total. The molecule has 100 valence electrons. The quantitative estimate of drug-likeness (QED) is 0.882. The number of aryl methyl sites for hydroxylation is 1. The van der Waals surface area contributed by atoms with Crippen molar-refractivity contribution in [2.75, 3.05) is 0 Å². The van der Waals surface area contributed by atoms with Gasteiger partial charge >= 0.3 is 0 Å². The van der Waals surface area contributed by atoms with Crippen LogP contribution < -0.4 is 0 Å². The van der Waals surface area contributed by atoms with Gasteiger partial charge in [-0.3, -0.25) is 0 Å². The van der Waals surface area contributed by atoms with Gasteiger partial charge in [-0.05, 0) is 42.2 Å². The minimum Gasteiger partial charge on any atom is -0.385 e. The minimum atomic E-state index is -0.833. The van der Waals surface area contributed by atoms with E-state index in [9.17, 15) is 5.11 Å². The fourth-order valence-corrected chi connectivity index (χ4v) is 2.47. The number of aliphatic hydroxyl groups is 1. The predicted octanol–water partition coefficient (Wildman–Crippen LogP) is 4.46. The Morgan fingerprint density at radius 1 is 0.947 bits per heavy atom. The molecule has 2 rings (SSSR count). The van der Waals surface area contributed by atoms with E-state index in [1.165, 1.54) is 5.56 Å². The average Bonchev–Trinajstić information content (AvgIpc) is 2.41. The van der Waals surface area contributed by atoms with Crippen LogP contribution in [0.4, 0.5) is 0 Å². The van der Waals surface area contributed by atoms with Crippen molar-refractivity contribution in [1.82, 2.24) is 0 Å². The zero-order valence-corrected chi connectivity index (χ0v) is 12.9. The lowest BCUT2D eigenvalue weighted by molar-refractivity contribution is 0.0576. The predicted molar refractivity (Wildman–Crippen MR) is 83.2 cm³/mol. The van der Waals surface area contributed by atoms with E-state index in [1.807, 2.05) is 43.3 Å². The van der Waals surface area contributed by atoms with Crippen LogP contribution in [0.2, 0.25) is 0 Å². The molecule has 0 aliphatic rings. The highest BCUT2D eigenvalue weighted by atomic mass is 79.9. The van der Waals surface area contributed by atoms with E-state index >= 15 is 0 Å². The van der Waals surface area contributed by atoms with Crippen molar-refractivity contribution in [2.45, 2.75) is 32.3 Å². The van der Waals surface area contributed by atoms with Crippen molar-refractivity contribution in [3.05, 3.63) is 69.7 Å². The molecular weight excluding hydrogens is 300 g/mol. The number of halogens is 1. The number of hydrogen-bond donors (Lipinski definition) is 1. The molecule has 0 fully saturated rings. The van der Waals surface area contributed by atoms with Gasteiger partial charge < -0.3 is 5.11 Å². The molecule has 1 atom stereocenters. The van der Waals surface area contributed by atoms with Crippen LogP contribution in [0.3, 0.4) is 0 Å². The largest absolute Gasteiger partial charge is 0.385 e. The highest BCUT2D eigenvalue weighted by molar-refractivity contribution is 9.10. The molecule has 2 heteroatoms. The normalized spacial score (nSPS) is 14.1. The molecule has 0 amide bonds. The van der Waals surface area contributed by atoms with E-state index in [4.69, 9.17) is 0 Å². The molecule has 0 aliphatic heterocycles. The van der Waals surface area contributed by atoms with Crippen molar-refractivity contribution in [2.24, 2.45) is 0 Å². The van der Waals surface area contributed by atoms with Gasteiger partial charge in [0.15, 0.2) is 0 Å². The fraction of sp³-hybridized carbons (Fsp3) is 0.294. The number of hydrogen-bond acceptors (Lipinski definition) is 1. The minimum absolute atomic E-state index is 0.617. The van der Waals surface area contributed by atoms with Gasteiger partial charge in [-0.2, -0.15) is 0 Å². The molecular formula is C17H19BrO. The van der Waals surface area contributed by atoms with Crippen molar-refractivity contribution < 1.29 is 5.11 Å². The van der Waals surface area contributed by atoms with Crippen molar-refractivity contribution in [3.8, 4) is 0 Å². The molecule has 0 saturated heterocycles. The third-order valence-electron chi connectivity index (χ3n) is 3.45. The van der Waals surface area contributed by atoms with Gasteiger partial charge in [0.25, 0.3) is 0 Å². The zero-order chi connectivity index (χ0) is 13.9. The molecule has 0 aliphatic carbocycles. The Morgan fingerprint density at radius 2 is 1.47 bits per heavy atom. The molecule has 0 saturated carbocycles. The van der Waals surface area contributed by atoms with Crippen LogP contribution in [-0.2, 0) is 18.4 Å². The molecule has 0 heterocycles. The summed E-state index contributed by atoms with van der Waals surface area (Å²) in [5.41, 5.74) is 2.56. The smallest absolute Gasteiger partial charge is 0.0908 e. The Hall–Kier alpha value is -1.12. The topological polar surface area (TPSA) is 20.2 Å². The highest BCUT2D eigenvalue weighted by Crippen LogP contribution is 2.26. The molecule has 2 aromatic carbocycles. The summed E-state index contributed by atoms with van der Waals surface area (Å²) < 4.78 is 1.06. The summed E-state index contributed by atoms with van der Waals surface area (Å²) in [6.45, 7) is 4.00. The highest BCUT2D eigenvalue weighted by Gasteiger charge is 2.23. The zero-order valence-electron chi connectivity index (χ0n) is 11.4. The summed E-state index contributed by atoms with van der Waals surface area (Å²) in [5, 5.41) is 10.7. The standard InChI is InChI=1S/C17H19BrO/c1-3-13-4-8-15(9-5-13)17(2,19)12-14-6-10-16(18)11-7-14/h4-11,19H,3,12H2,1-2H3. The van der Waals surface area contributed by atoms with Crippen LogP contribution in [-0.4, -0.2) is 5.11 Å². The molecule has 0 radical (unpaired) electrons. The van der Waals surface area contributed by atoms with Gasteiger partial charge in [0.1, 0.15) is 0 Å².